The van der Waals surface area contributed by atoms with Crippen molar-refractivity contribution in [3.05, 3.63) is 0 Å². The fourth-order valence-electron chi connectivity index (χ4n) is 0.634. The summed E-state index contributed by atoms with van der Waals surface area (Å²) < 4.78 is 4.36. The van der Waals surface area contributed by atoms with Crippen molar-refractivity contribution in [2.24, 2.45) is 0 Å². The van der Waals surface area contributed by atoms with Crippen LogP contribution in [-0.2, 0) is 9.59 Å². The van der Waals surface area contributed by atoms with Gasteiger partial charge in [-0.15, -0.1) is 11.6 Å². The Morgan fingerprint density at radius 2 is 2.27 bits per heavy atom. The molecule has 0 saturated carbocycles. The van der Waals surface area contributed by atoms with E-state index in [-0.39, 0.29) is 17.0 Å². The molecule has 1 amide bonds. The van der Waals surface area contributed by atoms with Gasteiger partial charge in [0.05, 0.1) is 0 Å². The lowest BCUT2D eigenvalue weighted by Gasteiger charge is -2.00. The van der Waals surface area contributed by atoms with E-state index in [1.165, 1.54) is 6.92 Å². The lowest BCUT2D eigenvalue weighted by atomic mass is 10.4. The third-order valence-corrected chi connectivity index (χ3v) is 2.97. The summed E-state index contributed by atoms with van der Waals surface area (Å²) in [6.07, 6.45) is 0. The minimum absolute atomic E-state index is 0.0743. The molecule has 0 fully saturated rings. The van der Waals surface area contributed by atoms with Gasteiger partial charge in [0, 0.05) is 6.92 Å². The predicted molar refractivity (Wildman–Crippen MR) is 60.4 cm³/mol. The number of amides is 1. The Balaban J connectivity index is 2.60. The summed E-state index contributed by atoms with van der Waals surface area (Å²) in [5.74, 6) is -0.185. The molecule has 8 heteroatoms. The first-order chi connectivity index (χ1) is 6.99. The van der Waals surface area contributed by atoms with Crippen molar-refractivity contribution in [3.63, 3.8) is 0 Å². The third kappa shape index (κ3) is 4.15. The highest BCUT2D eigenvalue weighted by atomic mass is 35.5. The van der Waals surface area contributed by atoms with Gasteiger partial charge < -0.3 is 0 Å². The molecule has 0 aromatic carbocycles. The van der Waals surface area contributed by atoms with Crippen LogP contribution in [0.25, 0.3) is 0 Å². The summed E-state index contributed by atoms with van der Waals surface area (Å²) in [5, 5.41) is 1.71. The third-order valence-electron chi connectivity index (χ3n) is 1.23. The van der Waals surface area contributed by atoms with Crippen molar-refractivity contribution in [1.29, 1.82) is 0 Å². The Morgan fingerprint density at radius 3 is 2.80 bits per heavy atom. The first kappa shape index (κ1) is 12.4. The van der Waals surface area contributed by atoms with E-state index < -0.39 is 5.38 Å². The summed E-state index contributed by atoms with van der Waals surface area (Å²) in [6.45, 7) is 2.99. The number of alkyl halides is 1. The van der Waals surface area contributed by atoms with Gasteiger partial charge in [-0.1, -0.05) is 0 Å². The van der Waals surface area contributed by atoms with Gasteiger partial charge in [-0.2, -0.15) is 9.36 Å². The molecular formula is C7H8ClN3O2S2. The maximum absolute atomic E-state index is 11.2. The van der Waals surface area contributed by atoms with Gasteiger partial charge in [0.2, 0.25) is 11.9 Å². The largest absolute Gasteiger partial charge is 0.292 e. The molecule has 0 aliphatic carbocycles. The van der Waals surface area contributed by atoms with Crippen molar-refractivity contribution >= 4 is 51.9 Å². The highest BCUT2D eigenvalue weighted by Crippen LogP contribution is 2.22. The van der Waals surface area contributed by atoms with Crippen molar-refractivity contribution in [1.82, 2.24) is 9.36 Å². The molecule has 5 nitrogen and oxygen atoms in total. The fourth-order valence-corrected chi connectivity index (χ4v) is 2.06. The monoisotopic (exact) mass is 265 g/mol. The van der Waals surface area contributed by atoms with E-state index in [4.69, 9.17) is 11.6 Å². The molecule has 1 N–H and O–H groups in total. The van der Waals surface area contributed by atoms with Crippen LogP contribution >= 0.6 is 34.9 Å². The van der Waals surface area contributed by atoms with Crippen LogP contribution < -0.4 is 5.32 Å². The molecule has 82 valence electrons. The Kier molecular flexibility index (Phi) is 4.49. The first-order valence-corrected chi connectivity index (χ1v) is 5.98. The molecular weight excluding hydrogens is 258 g/mol. The smallest absolute Gasteiger partial charge is 0.244 e. The summed E-state index contributed by atoms with van der Waals surface area (Å²) in [4.78, 5) is 25.8. The zero-order valence-corrected chi connectivity index (χ0v) is 10.4. The average Bonchev–Trinajstić information content (AvgIpc) is 2.51. The average molecular weight is 266 g/mol. The van der Waals surface area contributed by atoms with Crippen molar-refractivity contribution in [2.45, 2.75) is 23.6 Å². The highest BCUT2D eigenvalue weighted by molar-refractivity contribution is 8.14. The quantitative estimate of drug-likeness (QED) is 0.666. The molecule has 1 aromatic heterocycles. The number of carbonyl (C=O) groups excluding carboxylic acids is 2. The Bertz CT molecular complexity index is 380. The zero-order valence-electron chi connectivity index (χ0n) is 7.98. The number of anilines is 1. The van der Waals surface area contributed by atoms with Crippen LogP contribution in [0.5, 0.6) is 0 Å². The number of carbonyl (C=O) groups is 2. The van der Waals surface area contributed by atoms with E-state index in [2.05, 4.69) is 14.7 Å². The number of nitrogens with zero attached hydrogens (tertiary/aromatic N) is 2. The van der Waals surface area contributed by atoms with Crippen molar-refractivity contribution < 1.29 is 9.59 Å². The van der Waals surface area contributed by atoms with Crippen molar-refractivity contribution in [2.75, 3.05) is 5.32 Å². The number of hydrogen-bond donors (Lipinski definition) is 1. The molecule has 0 spiro atoms. The molecule has 1 heterocycles. The summed E-state index contributed by atoms with van der Waals surface area (Å²) in [7, 11) is 0. The highest BCUT2D eigenvalue weighted by Gasteiger charge is 2.13. The molecule has 15 heavy (non-hydrogen) atoms. The summed E-state index contributed by atoms with van der Waals surface area (Å²) >= 11 is 7.58. The number of nitrogens with one attached hydrogen (secondary N) is 1. The molecule has 1 aromatic rings. The van der Waals surface area contributed by atoms with Crippen LogP contribution in [0, 0.1) is 0 Å². The van der Waals surface area contributed by atoms with Gasteiger partial charge in [-0.05, 0) is 30.2 Å². The Morgan fingerprint density at radius 1 is 1.60 bits per heavy atom. The second-order valence-corrected chi connectivity index (χ2v) is 5.41. The van der Waals surface area contributed by atoms with E-state index >= 15 is 0 Å². The molecule has 0 saturated heterocycles. The van der Waals surface area contributed by atoms with Gasteiger partial charge in [0.25, 0.3) is 0 Å². The molecule has 0 aliphatic heterocycles. The van der Waals surface area contributed by atoms with Crippen LogP contribution in [0.4, 0.5) is 5.95 Å². The van der Waals surface area contributed by atoms with Crippen LogP contribution in [0.3, 0.4) is 0 Å². The minimum Gasteiger partial charge on any atom is -0.292 e. The van der Waals surface area contributed by atoms with Gasteiger partial charge in [0.1, 0.15) is 5.38 Å². The number of rotatable bonds is 3. The number of aromatic nitrogens is 2. The van der Waals surface area contributed by atoms with E-state index in [9.17, 15) is 9.59 Å². The van der Waals surface area contributed by atoms with E-state index in [0.717, 1.165) is 23.3 Å². The normalized spacial score (nSPS) is 12.2. The van der Waals surface area contributed by atoms with Crippen LogP contribution in [0.15, 0.2) is 4.34 Å². The molecule has 1 unspecified atom stereocenters. The number of halogens is 1. The molecule has 0 radical (unpaired) electrons. The maximum Gasteiger partial charge on any atom is 0.244 e. The minimum atomic E-state index is -0.641. The fraction of sp³-hybridized carbons (Fsp3) is 0.429. The van der Waals surface area contributed by atoms with Crippen LogP contribution in [-0.4, -0.2) is 25.8 Å². The molecule has 0 aliphatic rings. The van der Waals surface area contributed by atoms with E-state index in [0.29, 0.717) is 4.34 Å². The maximum atomic E-state index is 11.2. The lowest BCUT2D eigenvalue weighted by molar-refractivity contribution is -0.115. The Hall–Kier alpha value is -0.660. The number of hydrogen-bond acceptors (Lipinski definition) is 6. The molecule has 1 atom stereocenters. The Labute approximate surface area is 99.8 Å². The van der Waals surface area contributed by atoms with E-state index in [1.807, 2.05) is 0 Å². The second kappa shape index (κ2) is 5.43. The summed E-state index contributed by atoms with van der Waals surface area (Å²) in [6, 6.07) is 0. The SMILES string of the molecule is CC(=O)Sc1nc(NC(=O)C(C)Cl)ns1. The van der Waals surface area contributed by atoms with E-state index in [1.54, 1.807) is 6.92 Å². The lowest BCUT2D eigenvalue weighted by Crippen LogP contribution is -2.20. The van der Waals surface area contributed by atoms with Crippen LogP contribution in [0.1, 0.15) is 13.8 Å². The summed E-state index contributed by atoms with van der Waals surface area (Å²) in [5.41, 5.74) is 0. The van der Waals surface area contributed by atoms with Gasteiger partial charge in [-0.3, -0.25) is 14.9 Å². The van der Waals surface area contributed by atoms with Gasteiger partial charge >= 0.3 is 0 Å². The number of thioether (sulfide) groups is 1. The van der Waals surface area contributed by atoms with Crippen molar-refractivity contribution in [3.8, 4) is 0 Å². The zero-order chi connectivity index (χ0) is 11.4. The molecule has 1 rings (SSSR count). The topological polar surface area (TPSA) is 72.0 Å². The second-order valence-electron chi connectivity index (χ2n) is 2.58. The first-order valence-electron chi connectivity index (χ1n) is 3.96. The van der Waals surface area contributed by atoms with Gasteiger partial charge in [0.15, 0.2) is 9.45 Å². The standard InChI is InChI=1S/C7H8ClN3O2S2/c1-3(8)5(13)9-6-10-7(15-11-6)14-4(2)12/h3H,1-2H3,(H,9,11,13). The van der Waals surface area contributed by atoms with Gasteiger partial charge in [-0.25, -0.2) is 0 Å². The van der Waals surface area contributed by atoms with Crippen LogP contribution in [0.2, 0.25) is 0 Å². The molecule has 0 bridgehead atoms. The predicted octanol–water partition coefficient (Wildman–Crippen LogP) is 1.74.